The summed E-state index contributed by atoms with van der Waals surface area (Å²) >= 11 is 1.01. The van der Waals surface area contributed by atoms with Gasteiger partial charge in [0.15, 0.2) is 0 Å². The van der Waals surface area contributed by atoms with Crippen LogP contribution in [0.25, 0.3) is 10.6 Å². The number of pyridine rings is 1. The number of aromatic nitrogens is 2. The zero-order valence-electron chi connectivity index (χ0n) is 15.1. The monoisotopic (exact) mass is 437 g/mol. The number of nitrogens with one attached hydrogen (secondary N) is 1. The molecule has 158 valence electrons. The van der Waals surface area contributed by atoms with Gasteiger partial charge in [-0.1, -0.05) is 0 Å². The third kappa shape index (κ3) is 5.06. The lowest BCUT2D eigenvalue weighted by molar-refractivity contribution is -0.225. The summed E-state index contributed by atoms with van der Waals surface area (Å²) in [7, 11) is 0. The van der Waals surface area contributed by atoms with Crippen molar-refractivity contribution in [3.63, 3.8) is 0 Å². The number of alkyl halides is 6. The molecule has 1 amide bonds. The zero-order valence-corrected chi connectivity index (χ0v) is 16.0. The highest BCUT2D eigenvalue weighted by molar-refractivity contribution is 7.17. The van der Waals surface area contributed by atoms with Crippen molar-refractivity contribution in [3.05, 3.63) is 35.1 Å². The van der Waals surface area contributed by atoms with E-state index in [1.807, 2.05) is 0 Å². The second kappa shape index (κ2) is 7.92. The zero-order chi connectivity index (χ0) is 21.4. The number of carbonyl (C=O) groups excluding carboxylic acids is 1. The summed E-state index contributed by atoms with van der Waals surface area (Å²) in [5.41, 5.74) is 1.01. The molecule has 1 aliphatic rings. The number of halogens is 6. The van der Waals surface area contributed by atoms with Gasteiger partial charge in [0, 0.05) is 24.0 Å². The molecule has 4 nitrogen and oxygen atoms in total. The molecule has 0 radical (unpaired) electrons. The molecule has 0 bridgehead atoms. The summed E-state index contributed by atoms with van der Waals surface area (Å²) in [6.45, 7) is 1.56. The molecule has 2 aromatic heterocycles. The van der Waals surface area contributed by atoms with Crippen LogP contribution < -0.4 is 5.32 Å². The maximum absolute atomic E-state index is 13.1. The summed E-state index contributed by atoms with van der Waals surface area (Å²) < 4.78 is 78.6. The van der Waals surface area contributed by atoms with E-state index in [0.717, 1.165) is 11.3 Å². The molecule has 3 rings (SSSR count). The van der Waals surface area contributed by atoms with E-state index < -0.39 is 55.4 Å². The van der Waals surface area contributed by atoms with Crippen LogP contribution in [0.3, 0.4) is 0 Å². The summed E-state index contributed by atoms with van der Waals surface area (Å²) in [4.78, 5) is 20.9. The Kier molecular flexibility index (Phi) is 5.88. The van der Waals surface area contributed by atoms with Gasteiger partial charge in [0.2, 0.25) is 0 Å². The second-order valence-corrected chi connectivity index (χ2v) is 8.03. The Balaban J connectivity index is 1.78. The van der Waals surface area contributed by atoms with E-state index in [1.165, 1.54) is 0 Å². The quantitative estimate of drug-likeness (QED) is 0.676. The molecule has 2 heterocycles. The van der Waals surface area contributed by atoms with Crippen LogP contribution >= 0.6 is 11.3 Å². The Bertz CT molecular complexity index is 843. The molecular weight excluding hydrogens is 420 g/mol. The molecule has 2 unspecified atom stereocenters. The number of carbonyl (C=O) groups is 1. The van der Waals surface area contributed by atoms with Crippen LogP contribution in [0.5, 0.6) is 0 Å². The first-order chi connectivity index (χ1) is 13.4. The fourth-order valence-electron chi connectivity index (χ4n) is 3.44. The van der Waals surface area contributed by atoms with Crippen LogP contribution in [0, 0.1) is 18.8 Å². The van der Waals surface area contributed by atoms with Crippen molar-refractivity contribution < 1.29 is 31.1 Å². The van der Waals surface area contributed by atoms with Gasteiger partial charge in [0.1, 0.15) is 9.88 Å². The Morgan fingerprint density at radius 1 is 1.10 bits per heavy atom. The Morgan fingerprint density at radius 2 is 1.72 bits per heavy atom. The van der Waals surface area contributed by atoms with E-state index in [0.29, 0.717) is 16.3 Å². The smallest absolute Gasteiger partial charge is 0.349 e. The fraction of sp³-hybridized carbons (Fsp3) is 0.500. The van der Waals surface area contributed by atoms with Gasteiger partial charge in [-0.2, -0.15) is 26.3 Å². The maximum Gasteiger partial charge on any atom is 0.391 e. The second-order valence-electron chi connectivity index (χ2n) is 7.03. The number of thiazole rings is 1. The standard InChI is InChI=1S/C18H17F6N3OS/c1-9-14(29-16(26-9)10-3-2-4-25-8-10)15(28)27-13-6-11(17(19,20)21)5-12(7-13)18(22,23)24/h2-4,8,11-13H,5-7H2,1H3,(H,27,28). The van der Waals surface area contributed by atoms with Crippen LogP contribution in [0.1, 0.15) is 34.6 Å². The van der Waals surface area contributed by atoms with Gasteiger partial charge in [0.25, 0.3) is 5.91 Å². The first-order valence-corrected chi connectivity index (χ1v) is 9.59. The average Bonchev–Trinajstić information content (AvgIpc) is 3.02. The Hall–Kier alpha value is -2.17. The van der Waals surface area contributed by atoms with Gasteiger partial charge in [0.05, 0.1) is 17.5 Å². The maximum atomic E-state index is 13.1. The van der Waals surface area contributed by atoms with Crippen LogP contribution in [-0.4, -0.2) is 34.3 Å². The Morgan fingerprint density at radius 3 is 2.24 bits per heavy atom. The Labute approximate surface area is 166 Å². The minimum absolute atomic E-state index is 0.154. The van der Waals surface area contributed by atoms with Crippen molar-refractivity contribution in [1.29, 1.82) is 0 Å². The lowest BCUT2D eigenvalue weighted by atomic mass is 9.77. The molecular formula is C18H17F6N3OS. The minimum atomic E-state index is -4.75. The van der Waals surface area contributed by atoms with Gasteiger partial charge in [-0.15, -0.1) is 11.3 Å². The highest BCUT2D eigenvalue weighted by atomic mass is 32.1. The molecule has 1 saturated carbocycles. The number of hydrogen-bond donors (Lipinski definition) is 1. The number of amides is 1. The molecule has 1 fully saturated rings. The molecule has 2 aromatic rings. The van der Waals surface area contributed by atoms with Gasteiger partial charge in [-0.25, -0.2) is 4.98 Å². The predicted octanol–water partition coefficient (Wildman–Crippen LogP) is 5.15. The largest absolute Gasteiger partial charge is 0.391 e. The molecule has 0 aromatic carbocycles. The summed E-state index contributed by atoms with van der Waals surface area (Å²) in [6, 6.07) is 2.19. The molecule has 2 atom stereocenters. The van der Waals surface area contributed by atoms with Crippen LogP contribution in [-0.2, 0) is 0 Å². The van der Waals surface area contributed by atoms with E-state index in [4.69, 9.17) is 0 Å². The van der Waals surface area contributed by atoms with E-state index in [1.54, 1.807) is 31.5 Å². The van der Waals surface area contributed by atoms with Crippen LogP contribution in [0.4, 0.5) is 26.3 Å². The van der Waals surface area contributed by atoms with Crippen molar-refractivity contribution in [1.82, 2.24) is 15.3 Å². The van der Waals surface area contributed by atoms with Crippen LogP contribution in [0.2, 0.25) is 0 Å². The molecule has 0 saturated heterocycles. The van der Waals surface area contributed by atoms with Crippen molar-refractivity contribution >= 4 is 17.2 Å². The van der Waals surface area contributed by atoms with E-state index in [-0.39, 0.29) is 4.88 Å². The van der Waals surface area contributed by atoms with Gasteiger partial charge < -0.3 is 5.32 Å². The lowest BCUT2D eigenvalue weighted by Crippen LogP contribution is -2.47. The minimum Gasteiger partial charge on any atom is -0.349 e. The average molecular weight is 437 g/mol. The number of aryl methyl sites for hydroxylation is 1. The summed E-state index contributed by atoms with van der Waals surface area (Å²) in [5.74, 6) is -4.94. The van der Waals surface area contributed by atoms with Crippen molar-refractivity contribution in [2.45, 2.75) is 44.6 Å². The topological polar surface area (TPSA) is 54.9 Å². The summed E-state index contributed by atoms with van der Waals surface area (Å²) in [5, 5.41) is 2.85. The molecule has 11 heteroatoms. The first-order valence-electron chi connectivity index (χ1n) is 8.77. The molecule has 1 N–H and O–H groups in total. The van der Waals surface area contributed by atoms with E-state index in [9.17, 15) is 31.1 Å². The van der Waals surface area contributed by atoms with Crippen LogP contribution in [0.15, 0.2) is 24.5 Å². The molecule has 1 aliphatic carbocycles. The highest BCUT2D eigenvalue weighted by Gasteiger charge is 2.52. The van der Waals surface area contributed by atoms with Gasteiger partial charge in [-0.05, 0) is 38.3 Å². The summed E-state index contributed by atoms with van der Waals surface area (Å²) in [6.07, 6.45) is -8.55. The van der Waals surface area contributed by atoms with Gasteiger partial charge >= 0.3 is 12.4 Å². The molecule has 0 aliphatic heterocycles. The van der Waals surface area contributed by atoms with E-state index >= 15 is 0 Å². The van der Waals surface area contributed by atoms with Crippen molar-refractivity contribution in [3.8, 4) is 10.6 Å². The molecule has 0 spiro atoms. The third-order valence-corrected chi connectivity index (χ3v) is 6.08. The third-order valence-electron chi connectivity index (χ3n) is 4.88. The fourth-order valence-corrected chi connectivity index (χ4v) is 4.40. The highest BCUT2D eigenvalue weighted by Crippen LogP contribution is 2.45. The molecule has 29 heavy (non-hydrogen) atoms. The lowest BCUT2D eigenvalue weighted by Gasteiger charge is -2.36. The first kappa shape index (κ1) is 21.5. The predicted molar refractivity (Wildman–Crippen MR) is 94.3 cm³/mol. The number of nitrogens with zero attached hydrogens (tertiary/aromatic N) is 2. The van der Waals surface area contributed by atoms with E-state index in [2.05, 4.69) is 15.3 Å². The van der Waals surface area contributed by atoms with Gasteiger partial charge in [-0.3, -0.25) is 9.78 Å². The van der Waals surface area contributed by atoms with Crippen molar-refractivity contribution in [2.24, 2.45) is 11.8 Å². The van der Waals surface area contributed by atoms with Crippen molar-refractivity contribution in [2.75, 3.05) is 0 Å². The SMILES string of the molecule is Cc1nc(-c2cccnc2)sc1C(=O)NC1CC(C(F)(F)F)CC(C(F)(F)F)C1. The number of hydrogen-bond acceptors (Lipinski definition) is 4. The number of rotatable bonds is 3. The normalized spacial score (nSPS) is 23.1.